The minimum atomic E-state index is -4.20. The van der Waals surface area contributed by atoms with Gasteiger partial charge in [-0.25, -0.2) is 8.42 Å². The highest BCUT2D eigenvalue weighted by atomic mass is 32.2. The molecule has 0 saturated carbocycles. The minimum Gasteiger partial charge on any atom is -0.271 e. The van der Waals surface area contributed by atoms with Crippen molar-refractivity contribution >= 4 is 9.84 Å². The monoisotopic (exact) mass is 262 g/mol. The molecule has 8 heteroatoms. The molecule has 98 valence electrons. The van der Waals surface area contributed by atoms with E-state index in [0.29, 0.717) is 12.8 Å². The molecule has 16 heavy (non-hydrogen) atoms. The van der Waals surface area contributed by atoms with Gasteiger partial charge in [0.05, 0.1) is 0 Å². The van der Waals surface area contributed by atoms with Crippen LogP contribution in [0.5, 0.6) is 0 Å². The van der Waals surface area contributed by atoms with Gasteiger partial charge in [-0.2, -0.15) is 13.2 Å². The van der Waals surface area contributed by atoms with Crippen LogP contribution in [0.25, 0.3) is 0 Å². The lowest BCUT2D eigenvalue weighted by atomic mass is 10.1. The molecule has 0 rings (SSSR count). The molecule has 0 saturated heterocycles. The molecule has 0 aliphatic heterocycles. The van der Waals surface area contributed by atoms with E-state index in [0.717, 1.165) is 6.26 Å². The van der Waals surface area contributed by atoms with Crippen LogP contribution in [-0.4, -0.2) is 32.6 Å². The van der Waals surface area contributed by atoms with E-state index in [9.17, 15) is 21.6 Å². The van der Waals surface area contributed by atoms with Gasteiger partial charge in [0, 0.05) is 24.5 Å². The lowest BCUT2D eigenvalue weighted by molar-refractivity contribution is -0.136. The number of rotatable bonds is 7. The van der Waals surface area contributed by atoms with Crippen LogP contribution in [0.4, 0.5) is 13.2 Å². The smallest absolute Gasteiger partial charge is 0.271 e. The van der Waals surface area contributed by atoms with Crippen molar-refractivity contribution in [3.05, 3.63) is 0 Å². The van der Waals surface area contributed by atoms with Gasteiger partial charge >= 0.3 is 6.18 Å². The Morgan fingerprint density at radius 1 is 1.31 bits per heavy atom. The summed E-state index contributed by atoms with van der Waals surface area (Å²) in [5, 5.41) is 0. The van der Waals surface area contributed by atoms with Gasteiger partial charge in [-0.15, -0.1) is 0 Å². The predicted octanol–water partition coefficient (Wildman–Crippen LogP) is 0.986. The molecule has 0 aromatic heterocycles. The van der Waals surface area contributed by atoms with Gasteiger partial charge in [0.25, 0.3) is 0 Å². The number of nitrogens with two attached hydrogens (primary N) is 1. The van der Waals surface area contributed by atoms with E-state index in [1.165, 1.54) is 0 Å². The summed E-state index contributed by atoms with van der Waals surface area (Å²) in [6.45, 7) is 0. The van der Waals surface area contributed by atoms with E-state index in [4.69, 9.17) is 5.84 Å². The topological polar surface area (TPSA) is 72.2 Å². The van der Waals surface area contributed by atoms with E-state index >= 15 is 0 Å². The van der Waals surface area contributed by atoms with Gasteiger partial charge < -0.3 is 0 Å². The van der Waals surface area contributed by atoms with Crippen LogP contribution in [-0.2, 0) is 9.84 Å². The maximum Gasteiger partial charge on any atom is 0.389 e. The standard InChI is InChI=1S/C8H17F3N2O2S/c1-16(14,15)6-2-3-7(13-12)4-5-8(9,10)11/h7,13H,2-6,12H2,1H3. The van der Waals surface area contributed by atoms with Crippen LogP contribution in [0.15, 0.2) is 0 Å². The Morgan fingerprint density at radius 2 is 1.88 bits per heavy atom. The maximum absolute atomic E-state index is 11.9. The highest BCUT2D eigenvalue weighted by Gasteiger charge is 2.27. The van der Waals surface area contributed by atoms with Crippen molar-refractivity contribution in [1.29, 1.82) is 0 Å². The van der Waals surface area contributed by atoms with Crippen molar-refractivity contribution in [2.75, 3.05) is 12.0 Å². The third-order valence-electron chi connectivity index (χ3n) is 2.08. The van der Waals surface area contributed by atoms with Gasteiger partial charge in [-0.1, -0.05) is 0 Å². The van der Waals surface area contributed by atoms with Gasteiger partial charge in [0.15, 0.2) is 0 Å². The zero-order valence-corrected chi connectivity index (χ0v) is 9.87. The molecule has 0 aliphatic rings. The lowest BCUT2D eigenvalue weighted by Gasteiger charge is -2.16. The first kappa shape index (κ1) is 15.7. The summed E-state index contributed by atoms with van der Waals surface area (Å²) < 4.78 is 57.3. The molecule has 0 fully saturated rings. The number of sulfone groups is 1. The molecule has 4 nitrogen and oxygen atoms in total. The maximum atomic E-state index is 11.9. The first-order chi connectivity index (χ1) is 7.14. The molecule has 0 spiro atoms. The zero-order chi connectivity index (χ0) is 12.8. The molecule has 0 radical (unpaired) electrons. The second kappa shape index (κ2) is 6.41. The average molecular weight is 262 g/mol. The Hall–Kier alpha value is -0.340. The second-order valence-electron chi connectivity index (χ2n) is 3.79. The normalized spacial score (nSPS) is 15.1. The van der Waals surface area contributed by atoms with E-state index in [-0.39, 0.29) is 12.2 Å². The Labute approximate surface area is 93.3 Å². The van der Waals surface area contributed by atoms with Gasteiger partial charge in [-0.3, -0.25) is 11.3 Å². The molecule has 0 aromatic carbocycles. The van der Waals surface area contributed by atoms with Crippen molar-refractivity contribution in [3.63, 3.8) is 0 Å². The Balaban J connectivity index is 3.85. The van der Waals surface area contributed by atoms with Crippen LogP contribution in [0.2, 0.25) is 0 Å². The minimum absolute atomic E-state index is 0.0306. The van der Waals surface area contributed by atoms with E-state index in [2.05, 4.69) is 5.43 Å². The van der Waals surface area contributed by atoms with Crippen LogP contribution in [0.1, 0.15) is 25.7 Å². The number of hydrogen-bond acceptors (Lipinski definition) is 4. The quantitative estimate of drug-likeness (QED) is 0.530. The van der Waals surface area contributed by atoms with E-state index in [1.54, 1.807) is 0 Å². The summed E-state index contributed by atoms with van der Waals surface area (Å²) in [6.07, 6.45) is -3.53. The molecule has 0 aliphatic carbocycles. The van der Waals surface area contributed by atoms with E-state index < -0.39 is 28.5 Å². The first-order valence-electron chi connectivity index (χ1n) is 4.84. The summed E-state index contributed by atoms with van der Waals surface area (Å²) in [5.74, 6) is 5.05. The van der Waals surface area contributed by atoms with Gasteiger partial charge in [-0.05, 0) is 19.3 Å². The largest absolute Gasteiger partial charge is 0.389 e. The van der Waals surface area contributed by atoms with Crippen LogP contribution in [0, 0.1) is 0 Å². The van der Waals surface area contributed by atoms with Crippen molar-refractivity contribution in [1.82, 2.24) is 5.43 Å². The van der Waals surface area contributed by atoms with Crippen LogP contribution in [0.3, 0.4) is 0 Å². The predicted molar refractivity (Wildman–Crippen MR) is 55.3 cm³/mol. The first-order valence-corrected chi connectivity index (χ1v) is 6.91. The number of alkyl halides is 3. The van der Waals surface area contributed by atoms with E-state index in [1.807, 2.05) is 0 Å². The fraction of sp³-hybridized carbons (Fsp3) is 1.00. The summed E-state index contributed by atoms with van der Waals surface area (Å²) in [6, 6.07) is -0.497. The summed E-state index contributed by atoms with van der Waals surface area (Å²) >= 11 is 0. The zero-order valence-electron chi connectivity index (χ0n) is 9.05. The lowest BCUT2D eigenvalue weighted by Crippen LogP contribution is -2.36. The fourth-order valence-electron chi connectivity index (χ4n) is 1.24. The molecule has 0 aromatic rings. The second-order valence-corrected chi connectivity index (χ2v) is 6.05. The Bertz CT molecular complexity index is 290. The molecular weight excluding hydrogens is 245 g/mol. The Kier molecular flexibility index (Phi) is 6.27. The molecule has 0 heterocycles. The van der Waals surface area contributed by atoms with Crippen LogP contribution < -0.4 is 11.3 Å². The van der Waals surface area contributed by atoms with Crippen molar-refractivity contribution in [2.45, 2.75) is 37.9 Å². The molecule has 0 amide bonds. The molecule has 0 bridgehead atoms. The SMILES string of the molecule is CS(=O)(=O)CCCC(CCC(F)(F)F)NN. The summed E-state index contributed by atoms with van der Waals surface area (Å²) in [7, 11) is -3.06. The summed E-state index contributed by atoms with van der Waals surface area (Å²) in [4.78, 5) is 0. The number of hydrogen-bond donors (Lipinski definition) is 2. The average Bonchev–Trinajstić information content (AvgIpc) is 2.07. The molecular formula is C8H17F3N2O2S. The fourth-order valence-corrected chi connectivity index (χ4v) is 1.93. The highest BCUT2D eigenvalue weighted by molar-refractivity contribution is 7.90. The molecule has 1 unspecified atom stereocenters. The van der Waals surface area contributed by atoms with Crippen LogP contribution >= 0.6 is 0 Å². The third kappa shape index (κ3) is 10.2. The van der Waals surface area contributed by atoms with Gasteiger partial charge in [0.2, 0.25) is 0 Å². The number of nitrogens with one attached hydrogen (secondary N) is 1. The molecule has 3 N–H and O–H groups in total. The molecule has 1 atom stereocenters. The third-order valence-corrected chi connectivity index (χ3v) is 3.11. The van der Waals surface area contributed by atoms with Crippen molar-refractivity contribution < 1.29 is 21.6 Å². The van der Waals surface area contributed by atoms with Gasteiger partial charge in [0.1, 0.15) is 9.84 Å². The summed E-state index contributed by atoms with van der Waals surface area (Å²) in [5.41, 5.74) is 2.27. The highest BCUT2D eigenvalue weighted by Crippen LogP contribution is 2.23. The van der Waals surface area contributed by atoms with Crippen molar-refractivity contribution in [3.8, 4) is 0 Å². The number of halogens is 3. The number of hydrazine groups is 1. The Morgan fingerprint density at radius 3 is 2.25 bits per heavy atom. The van der Waals surface area contributed by atoms with Crippen molar-refractivity contribution in [2.24, 2.45) is 5.84 Å².